The normalized spacial score (nSPS) is 11.2. The number of nitrogens with zero attached hydrogens (tertiary/aromatic N) is 1. The van der Waals surface area contributed by atoms with Gasteiger partial charge in [0.15, 0.2) is 0 Å². The number of carbonyl (C=O) groups is 2. The van der Waals surface area contributed by atoms with Gasteiger partial charge >= 0.3 is 0 Å². The highest BCUT2D eigenvalue weighted by molar-refractivity contribution is 7.09. The summed E-state index contributed by atoms with van der Waals surface area (Å²) < 4.78 is 0. The Hall–Kier alpha value is -1.47. The maximum atomic E-state index is 11.7. The summed E-state index contributed by atoms with van der Waals surface area (Å²) >= 11 is 1.33. The van der Waals surface area contributed by atoms with E-state index in [4.69, 9.17) is 11.5 Å². The molecule has 0 spiro atoms. The molecule has 7 heteroatoms. The highest BCUT2D eigenvalue weighted by atomic mass is 32.1. The molecule has 17 heavy (non-hydrogen) atoms. The minimum Gasteiger partial charge on any atom is -0.369 e. The molecular formula is C10H16N4O2S. The Morgan fingerprint density at radius 2 is 2.18 bits per heavy atom. The number of carbonyl (C=O) groups excluding carboxylic acids is 2. The van der Waals surface area contributed by atoms with Crippen LogP contribution in [0.1, 0.15) is 29.3 Å². The van der Waals surface area contributed by atoms with Crippen molar-refractivity contribution in [3.8, 4) is 0 Å². The summed E-state index contributed by atoms with van der Waals surface area (Å²) in [4.78, 5) is 26.8. The standard InChI is InChI=1S/C10H16N4O2S/c1-10(2,9(12)16)5-13-8(15)6-4-17-7(3-11)14-6/h4H,3,5,11H2,1-2H3,(H2,12,16)(H,13,15). The molecule has 0 saturated carbocycles. The van der Waals surface area contributed by atoms with Crippen molar-refractivity contribution < 1.29 is 9.59 Å². The third-order valence-electron chi connectivity index (χ3n) is 2.32. The largest absolute Gasteiger partial charge is 0.369 e. The molecule has 1 rings (SSSR count). The fraction of sp³-hybridized carbons (Fsp3) is 0.500. The molecule has 1 aromatic rings. The van der Waals surface area contributed by atoms with E-state index in [9.17, 15) is 9.59 Å². The lowest BCUT2D eigenvalue weighted by molar-refractivity contribution is -0.125. The van der Waals surface area contributed by atoms with Crippen molar-refractivity contribution in [2.75, 3.05) is 6.54 Å². The number of aromatic nitrogens is 1. The van der Waals surface area contributed by atoms with Gasteiger partial charge in [-0.3, -0.25) is 9.59 Å². The fourth-order valence-electron chi connectivity index (χ4n) is 0.988. The summed E-state index contributed by atoms with van der Waals surface area (Å²) in [5, 5.41) is 4.95. The molecule has 0 saturated heterocycles. The number of amides is 2. The zero-order valence-corrected chi connectivity index (χ0v) is 10.6. The number of hydrogen-bond acceptors (Lipinski definition) is 5. The molecule has 0 aliphatic heterocycles. The van der Waals surface area contributed by atoms with Gasteiger partial charge in [0.05, 0.1) is 5.41 Å². The van der Waals surface area contributed by atoms with Crippen LogP contribution in [0.25, 0.3) is 0 Å². The Kier molecular flexibility index (Phi) is 4.19. The fourth-order valence-corrected chi connectivity index (χ4v) is 1.64. The monoisotopic (exact) mass is 256 g/mol. The second kappa shape index (κ2) is 5.24. The van der Waals surface area contributed by atoms with Crippen molar-refractivity contribution in [3.05, 3.63) is 16.1 Å². The summed E-state index contributed by atoms with van der Waals surface area (Å²) in [6.45, 7) is 3.82. The molecule has 5 N–H and O–H groups in total. The molecule has 0 aromatic carbocycles. The van der Waals surface area contributed by atoms with Gasteiger partial charge in [0.1, 0.15) is 10.7 Å². The lowest BCUT2D eigenvalue weighted by Crippen LogP contribution is -2.42. The van der Waals surface area contributed by atoms with Crippen LogP contribution >= 0.6 is 11.3 Å². The van der Waals surface area contributed by atoms with E-state index in [-0.39, 0.29) is 12.5 Å². The molecule has 0 radical (unpaired) electrons. The number of nitrogens with two attached hydrogens (primary N) is 2. The minimum absolute atomic E-state index is 0.177. The predicted octanol–water partition coefficient (Wildman–Crippen LogP) is -0.157. The molecule has 0 bridgehead atoms. The first-order valence-corrected chi connectivity index (χ1v) is 5.97. The second-order valence-corrected chi connectivity index (χ2v) is 5.20. The van der Waals surface area contributed by atoms with Gasteiger partial charge in [-0.2, -0.15) is 0 Å². The first kappa shape index (κ1) is 13.6. The maximum Gasteiger partial charge on any atom is 0.270 e. The Morgan fingerprint density at radius 1 is 1.53 bits per heavy atom. The van der Waals surface area contributed by atoms with E-state index in [1.807, 2.05) is 0 Å². The lowest BCUT2D eigenvalue weighted by atomic mass is 9.93. The summed E-state index contributed by atoms with van der Waals surface area (Å²) in [5.74, 6) is -0.783. The number of thiazole rings is 1. The topological polar surface area (TPSA) is 111 Å². The van der Waals surface area contributed by atoms with Gasteiger partial charge in [0.25, 0.3) is 5.91 Å². The molecule has 0 aliphatic rings. The van der Waals surface area contributed by atoms with Crippen molar-refractivity contribution in [2.24, 2.45) is 16.9 Å². The van der Waals surface area contributed by atoms with Crippen LogP contribution in [0.4, 0.5) is 0 Å². The first-order valence-electron chi connectivity index (χ1n) is 5.09. The average molecular weight is 256 g/mol. The number of hydrogen-bond donors (Lipinski definition) is 3. The van der Waals surface area contributed by atoms with E-state index >= 15 is 0 Å². The molecule has 1 aromatic heterocycles. The first-order chi connectivity index (χ1) is 7.86. The highest BCUT2D eigenvalue weighted by Crippen LogP contribution is 2.13. The summed E-state index contributed by atoms with van der Waals surface area (Å²) in [6, 6.07) is 0. The number of rotatable bonds is 5. The quantitative estimate of drug-likeness (QED) is 0.679. The maximum absolute atomic E-state index is 11.7. The van der Waals surface area contributed by atoms with Crippen molar-refractivity contribution in [3.63, 3.8) is 0 Å². The van der Waals surface area contributed by atoms with Gasteiger partial charge in [0.2, 0.25) is 5.91 Å². The molecule has 1 heterocycles. The lowest BCUT2D eigenvalue weighted by Gasteiger charge is -2.20. The van der Waals surface area contributed by atoms with E-state index in [1.165, 1.54) is 11.3 Å². The Labute approximate surface area is 103 Å². The molecular weight excluding hydrogens is 240 g/mol. The summed E-state index contributed by atoms with van der Waals surface area (Å²) in [7, 11) is 0. The van der Waals surface area contributed by atoms with Gasteiger partial charge in [-0.25, -0.2) is 4.98 Å². The van der Waals surface area contributed by atoms with Gasteiger partial charge in [-0.05, 0) is 13.8 Å². The van der Waals surface area contributed by atoms with Crippen molar-refractivity contribution in [1.29, 1.82) is 0 Å². The van der Waals surface area contributed by atoms with Crippen molar-refractivity contribution >= 4 is 23.2 Å². The van der Waals surface area contributed by atoms with E-state index in [0.717, 1.165) is 0 Å². The SMILES string of the molecule is CC(C)(CNC(=O)c1csc(CN)n1)C(N)=O. The van der Waals surface area contributed by atoms with Crippen LogP contribution in [0.2, 0.25) is 0 Å². The van der Waals surface area contributed by atoms with Crippen LogP contribution in [0, 0.1) is 5.41 Å². The molecule has 6 nitrogen and oxygen atoms in total. The van der Waals surface area contributed by atoms with Gasteiger partial charge in [-0.1, -0.05) is 0 Å². The third-order valence-corrected chi connectivity index (χ3v) is 3.19. The molecule has 2 amide bonds. The van der Waals surface area contributed by atoms with E-state index in [1.54, 1.807) is 19.2 Å². The minimum atomic E-state index is -0.775. The van der Waals surface area contributed by atoms with Gasteiger partial charge in [-0.15, -0.1) is 11.3 Å². The number of nitrogens with one attached hydrogen (secondary N) is 1. The van der Waals surface area contributed by atoms with Crippen LogP contribution in [0.15, 0.2) is 5.38 Å². The van der Waals surface area contributed by atoms with Crippen LogP contribution in [0.3, 0.4) is 0 Å². The Bertz CT molecular complexity index is 428. The van der Waals surface area contributed by atoms with Crippen LogP contribution in [0.5, 0.6) is 0 Å². The third kappa shape index (κ3) is 3.50. The predicted molar refractivity (Wildman–Crippen MR) is 65.3 cm³/mol. The van der Waals surface area contributed by atoms with E-state index in [0.29, 0.717) is 17.2 Å². The molecule has 0 aliphatic carbocycles. The van der Waals surface area contributed by atoms with Crippen LogP contribution < -0.4 is 16.8 Å². The summed E-state index contributed by atoms with van der Waals surface area (Å²) in [6.07, 6.45) is 0. The van der Waals surface area contributed by atoms with Crippen molar-refractivity contribution in [2.45, 2.75) is 20.4 Å². The summed E-state index contributed by atoms with van der Waals surface area (Å²) in [5.41, 5.74) is 10.1. The smallest absolute Gasteiger partial charge is 0.270 e. The van der Waals surface area contributed by atoms with Gasteiger partial charge in [0, 0.05) is 18.5 Å². The second-order valence-electron chi connectivity index (χ2n) is 4.26. The van der Waals surface area contributed by atoms with E-state index in [2.05, 4.69) is 10.3 Å². The number of primary amides is 1. The van der Waals surface area contributed by atoms with Crippen molar-refractivity contribution in [1.82, 2.24) is 10.3 Å². The molecule has 94 valence electrons. The zero-order valence-electron chi connectivity index (χ0n) is 9.82. The molecule has 0 fully saturated rings. The van der Waals surface area contributed by atoms with Gasteiger partial charge < -0.3 is 16.8 Å². The zero-order chi connectivity index (χ0) is 13.1. The Balaban J connectivity index is 2.58. The van der Waals surface area contributed by atoms with Crippen LogP contribution in [-0.4, -0.2) is 23.3 Å². The molecule has 0 unspecified atom stereocenters. The van der Waals surface area contributed by atoms with E-state index < -0.39 is 11.3 Å². The highest BCUT2D eigenvalue weighted by Gasteiger charge is 2.25. The Morgan fingerprint density at radius 3 is 2.65 bits per heavy atom. The molecule has 0 atom stereocenters. The average Bonchev–Trinajstić information content (AvgIpc) is 2.74. The van der Waals surface area contributed by atoms with Crippen LogP contribution in [-0.2, 0) is 11.3 Å².